The maximum atomic E-state index is 13.4. The lowest BCUT2D eigenvalue weighted by Crippen LogP contribution is -2.39. The highest BCUT2D eigenvalue weighted by molar-refractivity contribution is 8.00. The molecular weight excluding hydrogens is 538 g/mol. The van der Waals surface area contributed by atoms with Gasteiger partial charge in [0.15, 0.2) is 0 Å². The van der Waals surface area contributed by atoms with Crippen LogP contribution < -0.4 is 10.6 Å². The second kappa shape index (κ2) is 12.0. The molecule has 2 heterocycles. The Balaban J connectivity index is 1.48. The third-order valence-corrected chi connectivity index (χ3v) is 8.82. The van der Waals surface area contributed by atoms with Gasteiger partial charge in [0.2, 0.25) is 11.8 Å². The molecule has 210 valence electrons. The first kappa shape index (κ1) is 28.9. The third kappa shape index (κ3) is 7.33. The van der Waals surface area contributed by atoms with Crippen LogP contribution in [0.2, 0.25) is 0 Å². The van der Waals surface area contributed by atoms with Gasteiger partial charge in [0.05, 0.1) is 24.5 Å². The van der Waals surface area contributed by atoms with E-state index in [4.69, 9.17) is 9.47 Å². The molecule has 2 aromatic rings. The molecule has 2 aliphatic rings. The number of thioether (sulfide) groups is 1. The number of fused-ring (bicyclic) bond motifs is 1. The molecule has 11 heteroatoms. The lowest BCUT2D eigenvalue weighted by Gasteiger charge is -2.30. The van der Waals surface area contributed by atoms with Crippen LogP contribution in [-0.2, 0) is 32.0 Å². The van der Waals surface area contributed by atoms with Gasteiger partial charge in [0, 0.05) is 27.9 Å². The van der Waals surface area contributed by atoms with Crippen LogP contribution in [0.3, 0.4) is 0 Å². The Kier molecular flexibility index (Phi) is 8.90. The summed E-state index contributed by atoms with van der Waals surface area (Å²) in [5.74, 6) is -0.618. The SMILES string of the molecule is CCC(Sc1cccc(NC(=O)C2CC2)c1)C(=O)Nc1sc2c(c1C(=O)OC)CCN(C(=O)OC(C)(C)C)C2. The number of rotatable bonds is 8. The van der Waals surface area contributed by atoms with Crippen LogP contribution in [0.15, 0.2) is 29.2 Å². The van der Waals surface area contributed by atoms with E-state index in [1.807, 2.05) is 52.0 Å². The molecule has 1 aliphatic heterocycles. The molecule has 0 spiro atoms. The Morgan fingerprint density at radius 3 is 2.56 bits per heavy atom. The number of carbonyl (C=O) groups is 4. The molecule has 0 saturated heterocycles. The van der Waals surface area contributed by atoms with Gasteiger partial charge < -0.3 is 25.0 Å². The van der Waals surface area contributed by atoms with E-state index in [-0.39, 0.29) is 17.7 Å². The van der Waals surface area contributed by atoms with Gasteiger partial charge in [-0.05, 0) is 70.2 Å². The lowest BCUT2D eigenvalue weighted by molar-refractivity contribution is -0.117. The molecule has 1 aromatic carbocycles. The number of methoxy groups -OCH3 is 1. The summed E-state index contributed by atoms with van der Waals surface area (Å²) in [4.78, 5) is 54.2. The number of nitrogens with one attached hydrogen (secondary N) is 2. The molecule has 1 aromatic heterocycles. The normalized spacial score (nSPS) is 15.7. The van der Waals surface area contributed by atoms with Crippen LogP contribution in [-0.4, -0.2) is 53.3 Å². The van der Waals surface area contributed by atoms with Crippen molar-refractivity contribution in [3.05, 3.63) is 40.3 Å². The van der Waals surface area contributed by atoms with Gasteiger partial charge in [-0.2, -0.15) is 0 Å². The Morgan fingerprint density at radius 2 is 1.92 bits per heavy atom. The summed E-state index contributed by atoms with van der Waals surface area (Å²) < 4.78 is 10.6. The molecule has 0 radical (unpaired) electrons. The highest BCUT2D eigenvalue weighted by atomic mass is 32.2. The molecule has 1 fully saturated rings. The predicted octanol–water partition coefficient (Wildman–Crippen LogP) is 5.69. The largest absolute Gasteiger partial charge is 0.465 e. The lowest BCUT2D eigenvalue weighted by atomic mass is 10.0. The number of anilines is 2. The average Bonchev–Trinajstić information content (AvgIpc) is 3.67. The van der Waals surface area contributed by atoms with Gasteiger partial charge >= 0.3 is 12.1 Å². The minimum Gasteiger partial charge on any atom is -0.465 e. The fourth-order valence-electron chi connectivity index (χ4n) is 4.21. The molecule has 1 unspecified atom stereocenters. The van der Waals surface area contributed by atoms with Crippen LogP contribution in [0.5, 0.6) is 0 Å². The van der Waals surface area contributed by atoms with E-state index in [0.29, 0.717) is 42.2 Å². The Morgan fingerprint density at radius 1 is 1.18 bits per heavy atom. The van der Waals surface area contributed by atoms with E-state index in [9.17, 15) is 19.2 Å². The van der Waals surface area contributed by atoms with Crippen molar-refractivity contribution in [3.8, 4) is 0 Å². The number of thiophene rings is 1. The molecule has 39 heavy (non-hydrogen) atoms. The van der Waals surface area contributed by atoms with Crippen molar-refractivity contribution in [2.75, 3.05) is 24.3 Å². The molecule has 2 N–H and O–H groups in total. The second-order valence-electron chi connectivity index (χ2n) is 10.6. The predicted molar refractivity (Wildman–Crippen MR) is 152 cm³/mol. The molecule has 1 saturated carbocycles. The Hall–Kier alpha value is -3.05. The summed E-state index contributed by atoms with van der Waals surface area (Å²) in [6, 6.07) is 7.47. The summed E-state index contributed by atoms with van der Waals surface area (Å²) in [6.45, 7) is 8.07. The maximum Gasteiger partial charge on any atom is 0.410 e. The number of amides is 3. The number of benzene rings is 1. The van der Waals surface area contributed by atoms with Crippen LogP contribution in [0.1, 0.15) is 67.8 Å². The van der Waals surface area contributed by atoms with Gasteiger partial charge in [-0.1, -0.05) is 13.0 Å². The number of hydrogen-bond acceptors (Lipinski definition) is 8. The zero-order chi connectivity index (χ0) is 28.3. The molecule has 3 amide bonds. The van der Waals surface area contributed by atoms with Crippen molar-refractivity contribution in [3.63, 3.8) is 0 Å². The topological polar surface area (TPSA) is 114 Å². The van der Waals surface area contributed by atoms with Crippen molar-refractivity contribution in [1.82, 2.24) is 4.90 Å². The van der Waals surface area contributed by atoms with Crippen LogP contribution >= 0.6 is 23.1 Å². The fraction of sp³-hybridized carbons (Fsp3) is 0.500. The van der Waals surface area contributed by atoms with E-state index in [1.165, 1.54) is 30.2 Å². The van der Waals surface area contributed by atoms with Gasteiger partial charge in [0.25, 0.3) is 0 Å². The molecule has 1 atom stereocenters. The minimum atomic E-state index is -0.613. The number of carbonyl (C=O) groups excluding carboxylic acids is 4. The maximum absolute atomic E-state index is 13.4. The van der Waals surface area contributed by atoms with Gasteiger partial charge in [-0.3, -0.25) is 9.59 Å². The third-order valence-electron chi connectivity index (χ3n) is 6.33. The molecule has 0 bridgehead atoms. The summed E-state index contributed by atoms with van der Waals surface area (Å²) in [5.41, 5.74) is 1.24. The number of esters is 1. The second-order valence-corrected chi connectivity index (χ2v) is 13.0. The Bertz CT molecular complexity index is 1260. The van der Waals surface area contributed by atoms with Crippen LogP contribution in [0, 0.1) is 5.92 Å². The molecule has 9 nitrogen and oxygen atoms in total. The van der Waals surface area contributed by atoms with Gasteiger partial charge in [0.1, 0.15) is 10.6 Å². The van der Waals surface area contributed by atoms with E-state index in [1.54, 1.807) is 4.90 Å². The van der Waals surface area contributed by atoms with Crippen LogP contribution in [0.25, 0.3) is 0 Å². The number of nitrogens with zero attached hydrogens (tertiary/aromatic N) is 1. The summed E-state index contributed by atoms with van der Waals surface area (Å²) in [5, 5.41) is 5.90. The van der Waals surface area contributed by atoms with Gasteiger partial charge in [-0.25, -0.2) is 9.59 Å². The van der Waals surface area contributed by atoms with Crippen molar-refractivity contribution >= 4 is 57.7 Å². The van der Waals surface area contributed by atoms with Crippen molar-refractivity contribution in [2.45, 2.75) is 75.7 Å². The number of hydrogen-bond donors (Lipinski definition) is 2. The first-order valence-electron chi connectivity index (χ1n) is 13.1. The average molecular weight is 574 g/mol. The summed E-state index contributed by atoms with van der Waals surface area (Å²) in [7, 11) is 1.31. The highest BCUT2D eigenvalue weighted by Crippen LogP contribution is 2.39. The van der Waals surface area contributed by atoms with E-state index < -0.39 is 22.9 Å². The highest BCUT2D eigenvalue weighted by Gasteiger charge is 2.33. The van der Waals surface area contributed by atoms with E-state index >= 15 is 0 Å². The van der Waals surface area contributed by atoms with Crippen LogP contribution in [0.4, 0.5) is 15.5 Å². The fourth-order valence-corrected chi connectivity index (χ4v) is 6.48. The molecule has 4 rings (SSSR count). The first-order chi connectivity index (χ1) is 18.5. The van der Waals surface area contributed by atoms with E-state index in [0.717, 1.165) is 28.2 Å². The summed E-state index contributed by atoms with van der Waals surface area (Å²) in [6.07, 6.45) is 2.45. The zero-order valence-electron chi connectivity index (χ0n) is 22.9. The molecular formula is C28H35N3O6S2. The smallest absolute Gasteiger partial charge is 0.410 e. The zero-order valence-corrected chi connectivity index (χ0v) is 24.6. The van der Waals surface area contributed by atoms with Crippen molar-refractivity contribution in [1.29, 1.82) is 0 Å². The van der Waals surface area contributed by atoms with Crippen molar-refractivity contribution in [2.24, 2.45) is 5.92 Å². The van der Waals surface area contributed by atoms with E-state index in [2.05, 4.69) is 10.6 Å². The minimum absolute atomic E-state index is 0.0316. The van der Waals surface area contributed by atoms with Gasteiger partial charge in [-0.15, -0.1) is 23.1 Å². The monoisotopic (exact) mass is 573 g/mol. The number of ether oxygens (including phenoxy) is 2. The Labute approximate surface area is 237 Å². The quantitative estimate of drug-likeness (QED) is 0.308. The van der Waals surface area contributed by atoms with Crippen molar-refractivity contribution < 1.29 is 28.7 Å². The first-order valence-corrected chi connectivity index (χ1v) is 14.8. The molecule has 1 aliphatic carbocycles. The standard InChI is InChI=1S/C28H35N3O6S2/c1-6-20(38-18-9-7-8-17(14-18)29-23(32)16-10-11-16)24(33)30-25-22(26(34)36-5)19-12-13-31(15-21(19)39-25)27(35)37-28(2,3)4/h7-9,14,16,20H,6,10-13,15H2,1-5H3,(H,29,32)(H,30,33). The summed E-state index contributed by atoms with van der Waals surface area (Å²) >= 11 is 2.69.